The van der Waals surface area contributed by atoms with E-state index in [2.05, 4.69) is 18.2 Å². The van der Waals surface area contributed by atoms with Crippen LogP contribution in [0.25, 0.3) is 0 Å². The summed E-state index contributed by atoms with van der Waals surface area (Å²) < 4.78 is 16.3. The van der Waals surface area contributed by atoms with Crippen molar-refractivity contribution in [2.45, 2.75) is 19.3 Å². The van der Waals surface area contributed by atoms with Gasteiger partial charge in [0.2, 0.25) is 6.79 Å². The fourth-order valence-electron chi connectivity index (χ4n) is 2.68. The number of nitrogens with two attached hydrogens (primary N) is 1. The molecule has 22 heavy (non-hydrogen) atoms. The Bertz CT molecular complexity index is 625. The van der Waals surface area contributed by atoms with Crippen LogP contribution < -0.4 is 19.9 Å². The fourth-order valence-corrected chi connectivity index (χ4v) is 2.68. The smallest absolute Gasteiger partial charge is 0.231 e. The SMILES string of the molecule is CCOc1ccc(CC(CN)c2ccc3c(c2)OCO3)cc1. The number of hydrogen-bond acceptors (Lipinski definition) is 4. The van der Waals surface area contributed by atoms with Gasteiger partial charge in [-0.1, -0.05) is 18.2 Å². The molecule has 2 aromatic rings. The van der Waals surface area contributed by atoms with E-state index < -0.39 is 0 Å². The van der Waals surface area contributed by atoms with Crippen LogP contribution in [0.1, 0.15) is 24.0 Å². The zero-order valence-electron chi connectivity index (χ0n) is 12.7. The fraction of sp³-hybridized carbons (Fsp3) is 0.333. The van der Waals surface area contributed by atoms with E-state index >= 15 is 0 Å². The van der Waals surface area contributed by atoms with Crippen LogP contribution in [0.4, 0.5) is 0 Å². The normalized spacial score (nSPS) is 13.9. The summed E-state index contributed by atoms with van der Waals surface area (Å²) in [6.07, 6.45) is 0.891. The maximum absolute atomic E-state index is 5.98. The molecule has 4 heteroatoms. The first-order valence-electron chi connectivity index (χ1n) is 7.61. The van der Waals surface area contributed by atoms with Crippen molar-refractivity contribution in [2.24, 2.45) is 5.73 Å². The molecule has 1 aliphatic rings. The van der Waals surface area contributed by atoms with Crippen LogP contribution in [0, 0.1) is 0 Å². The van der Waals surface area contributed by atoms with E-state index in [0.717, 1.165) is 23.7 Å². The Morgan fingerprint density at radius 1 is 1.09 bits per heavy atom. The largest absolute Gasteiger partial charge is 0.494 e. The third-order valence-electron chi connectivity index (χ3n) is 3.87. The van der Waals surface area contributed by atoms with Crippen LogP contribution >= 0.6 is 0 Å². The monoisotopic (exact) mass is 299 g/mol. The molecule has 1 heterocycles. The Balaban J connectivity index is 1.74. The summed E-state index contributed by atoms with van der Waals surface area (Å²) in [6, 6.07) is 14.3. The molecule has 0 aliphatic carbocycles. The van der Waals surface area contributed by atoms with Crippen LogP contribution in [0.5, 0.6) is 17.2 Å². The lowest BCUT2D eigenvalue weighted by Crippen LogP contribution is -2.15. The highest BCUT2D eigenvalue weighted by Crippen LogP contribution is 2.35. The molecule has 2 aromatic carbocycles. The van der Waals surface area contributed by atoms with Gasteiger partial charge in [-0.05, 0) is 55.3 Å². The maximum Gasteiger partial charge on any atom is 0.231 e. The van der Waals surface area contributed by atoms with Crippen LogP contribution in [-0.4, -0.2) is 19.9 Å². The number of benzene rings is 2. The zero-order chi connectivity index (χ0) is 15.4. The summed E-state index contributed by atoms with van der Waals surface area (Å²) in [5, 5.41) is 0. The first-order chi connectivity index (χ1) is 10.8. The molecular formula is C18H21NO3. The van der Waals surface area contributed by atoms with Gasteiger partial charge in [-0.2, -0.15) is 0 Å². The summed E-state index contributed by atoms with van der Waals surface area (Å²) in [5.41, 5.74) is 8.41. The molecule has 0 saturated heterocycles. The molecule has 1 unspecified atom stereocenters. The minimum atomic E-state index is 0.257. The lowest BCUT2D eigenvalue weighted by atomic mass is 9.92. The third-order valence-corrected chi connectivity index (χ3v) is 3.87. The van der Waals surface area contributed by atoms with Crippen molar-refractivity contribution in [1.29, 1.82) is 0 Å². The Labute approximate surface area is 130 Å². The predicted octanol–water partition coefficient (Wildman–Crippen LogP) is 3.10. The molecule has 4 nitrogen and oxygen atoms in total. The zero-order valence-corrected chi connectivity index (χ0v) is 12.7. The van der Waals surface area contributed by atoms with Crippen LogP contribution in [0.15, 0.2) is 42.5 Å². The molecule has 116 valence electrons. The summed E-state index contributed by atoms with van der Waals surface area (Å²) in [4.78, 5) is 0. The molecule has 0 spiro atoms. The second-order valence-electron chi connectivity index (χ2n) is 5.33. The van der Waals surface area contributed by atoms with E-state index in [9.17, 15) is 0 Å². The van der Waals surface area contributed by atoms with Crippen molar-refractivity contribution < 1.29 is 14.2 Å². The van der Waals surface area contributed by atoms with Gasteiger partial charge >= 0.3 is 0 Å². The predicted molar refractivity (Wildman–Crippen MR) is 85.7 cm³/mol. The van der Waals surface area contributed by atoms with Crippen molar-refractivity contribution in [3.05, 3.63) is 53.6 Å². The van der Waals surface area contributed by atoms with E-state index in [1.165, 1.54) is 11.1 Å². The Kier molecular flexibility index (Phi) is 4.49. The average Bonchev–Trinajstić information content (AvgIpc) is 3.02. The van der Waals surface area contributed by atoms with Crippen molar-refractivity contribution in [1.82, 2.24) is 0 Å². The number of hydrogen-bond donors (Lipinski definition) is 1. The van der Waals surface area contributed by atoms with Gasteiger partial charge in [-0.15, -0.1) is 0 Å². The topological polar surface area (TPSA) is 53.7 Å². The molecule has 0 aromatic heterocycles. The van der Waals surface area contributed by atoms with E-state index in [-0.39, 0.29) is 5.92 Å². The molecule has 2 N–H and O–H groups in total. The summed E-state index contributed by atoms with van der Waals surface area (Å²) >= 11 is 0. The molecule has 3 rings (SSSR count). The molecule has 1 aliphatic heterocycles. The van der Waals surface area contributed by atoms with Gasteiger partial charge in [0.1, 0.15) is 5.75 Å². The van der Waals surface area contributed by atoms with Crippen LogP contribution in [-0.2, 0) is 6.42 Å². The number of fused-ring (bicyclic) bond motifs is 1. The van der Waals surface area contributed by atoms with Crippen molar-refractivity contribution in [3.8, 4) is 17.2 Å². The third kappa shape index (κ3) is 3.17. The maximum atomic E-state index is 5.98. The van der Waals surface area contributed by atoms with Crippen molar-refractivity contribution in [2.75, 3.05) is 19.9 Å². The first kappa shape index (κ1) is 14.7. The van der Waals surface area contributed by atoms with Gasteiger partial charge in [-0.25, -0.2) is 0 Å². The molecule has 0 fully saturated rings. The molecule has 0 amide bonds. The average molecular weight is 299 g/mol. The second-order valence-corrected chi connectivity index (χ2v) is 5.33. The molecule has 0 radical (unpaired) electrons. The van der Waals surface area contributed by atoms with Gasteiger partial charge < -0.3 is 19.9 Å². The highest BCUT2D eigenvalue weighted by molar-refractivity contribution is 5.45. The van der Waals surface area contributed by atoms with Gasteiger partial charge in [-0.3, -0.25) is 0 Å². The van der Waals surface area contributed by atoms with Crippen LogP contribution in [0.2, 0.25) is 0 Å². The second kappa shape index (κ2) is 6.71. The molecular weight excluding hydrogens is 278 g/mol. The Morgan fingerprint density at radius 3 is 2.59 bits per heavy atom. The van der Waals surface area contributed by atoms with E-state index in [0.29, 0.717) is 19.9 Å². The van der Waals surface area contributed by atoms with E-state index in [4.69, 9.17) is 19.9 Å². The first-order valence-corrected chi connectivity index (χ1v) is 7.61. The van der Waals surface area contributed by atoms with Crippen LogP contribution in [0.3, 0.4) is 0 Å². The Morgan fingerprint density at radius 2 is 1.86 bits per heavy atom. The minimum Gasteiger partial charge on any atom is -0.494 e. The van der Waals surface area contributed by atoms with Crippen molar-refractivity contribution >= 4 is 0 Å². The van der Waals surface area contributed by atoms with Gasteiger partial charge in [0.05, 0.1) is 6.61 Å². The molecule has 0 saturated carbocycles. The highest BCUT2D eigenvalue weighted by Gasteiger charge is 2.17. The quantitative estimate of drug-likeness (QED) is 0.890. The standard InChI is InChI=1S/C18H21NO3/c1-2-20-16-6-3-13(4-7-16)9-15(11-19)14-5-8-17-18(10-14)22-12-21-17/h3-8,10,15H,2,9,11-12,19H2,1H3. The number of ether oxygens (including phenoxy) is 3. The Hall–Kier alpha value is -2.20. The van der Waals surface area contributed by atoms with Gasteiger partial charge in [0, 0.05) is 5.92 Å². The molecule has 1 atom stereocenters. The highest BCUT2D eigenvalue weighted by atomic mass is 16.7. The summed E-state index contributed by atoms with van der Waals surface area (Å²) in [5.74, 6) is 2.77. The van der Waals surface area contributed by atoms with E-state index in [1.807, 2.05) is 31.2 Å². The number of rotatable bonds is 6. The lowest BCUT2D eigenvalue weighted by Gasteiger charge is -2.16. The summed E-state index contributed by atoms with van der Waals surface area (Å²) in [6.45, 7) is 3.55. The van der Waals surface area contributed by atoms with Gasteiger partial charge in [0.25, 0.3) is 0 Å². The van der Waals surface area contributed by atoms with Crippen molar-refractivity contribution in [3.63, 3.8) is 0 Å². The van der Waals surface area contributed by atoms with Gasteiger partial charge in [0.15, 0.2) is 11.5 Å². The minimum absolute atomic E-state index is 0.257. The summed E-state index contributed by atoms with van der Waals surface area (Å²) in [7, 11) is 0. The van der Waals surface area contributed by atoms with E-state index in [1.54, 1.807) is 0 Å². The lowest BCUT2D eigenvalue weighted by molar-refractivity contribution is 0.174. The molecule has 0 bridgehead atoms.